The molecule has 4 heteroatoms. The number of benzene rings is 1. The molecule has 18 heavy (non-hydrogen) atoms. The molecule has 0 radical (unpaired) electrons. The normalized spacial score (nSPS) is 10.2. The van der Waals surface area contributed by atoms with E-state index in [1.54, 1.807) is 12.4 Å². The summed E-state index contributed by atoms with van der Waals surface area (Å²) in [7, 11) is 0. The summed E-state index contributed by atoms with van der Waals surface area (Å²) in [6.45, 7) is 0. The van der Waals surface area contributed by atoms with Crippen molar-refractivity contribution in [3.63, 3.8) is 0 Å². The van der Waals surface area contributed by atoms with Crippen LogP contribution in [0.25, 0.3) is 11.3 Å². The average Bonchev–Trinajstić information content (AvgIpc) is 2.89. The highest BCUT2D eigenvalue weighted by Crippen LogP contribution is 2.19. The molecular formula is C14H12N4. The van der Waals surface area contributed by atoms with Crippen molar-refractivity contribution in [2.24, 2.45) is 0 Å². The Morgan fingerprint density at radius 1 is 0.944 bits per heavy atom. The molecule has 0 aliphatic heterocycles. The van der Waals surface area contributed by atoms with E-state index in [0.717, 1.165) is 16.9 Å². The van der Waals surface area contributed by atoms with Gasteiger partial charge in [0.1, 0.15) is 0 Å². The van der Waals surface area contributed by atoms with Crippen molar-refractivity contribution in [1.29, 1.82) is 0 Å². The van der Waals surface area contributed by atoms with E-state index in [-0.39, 0.29) is 0 Å². The lowest BCUT2D eigenvalue weighted by Crippen LogP contribution is -1.92. The van der Waals surface area contributed by atoms with Gasteiger partial charge < -0.3 is 10.3 Å². The number of nitrogens with one attached hydrogen (secondary N) is 2. The van der Waals surface area contributed by atoms with Crippen molar-refractivity contribution in [3.8, 4) is 11.3 Å². The largest absolute Gasteiger partial charge is 0.324 e. The average molecular weight is 236 g/mol. The zero-order valence-electron chi connectivity index (χ0n) is 9.67. The summed E-state index contributed by atoms with van der Waals surface area (Å²) in [5.41, 5.74) is 3.01. The number of imidazole rings is 1. The van der Waals surface area contributed by atoms with Gasteiger partial charge in [-0.05, 0) is 17.7 Å². The molecule has 0 spiro atoms. The highest BCUT2D eigenvalue weighted by Gasteiger charge is 2.02. The summed E-state index contributed by atoms with van der Waals surface area (Å²) in [5.74, 6) is 0.710. The molecule has 4 nitrogen and oxygen atoms in total. The van der Waals surface area contributed by atoms with Crippen LogP contribution in [0.5, 0.6) is 0 Å². The van der Waals surface area contributed by atoms with Crippen molar-refractivity contribution >= 4 is 11.6 Å². The van der Waals surface area contributed by atoms with Crippen molar-refractivity contribution in [2.45, 2.75) is 0 Å². The summed E-state index contributed by atoms with van der Waals surface area (Å²) in [6.07, 6.45) is 5.31. The molecular weight excluding hydrogens is 224 g/mol. The number of pyridine rings is 1. The summed E-state index contributed by atoms with van der Waals surface area (Å²) in [6, 6.07) is 13.9. The molecule has 1 aromatic carbocycles. The molecule has 3 rings (SSSR count). The van der Waals surface area contributed by atoms with E-state index >= 15 is 0 Å². The first-order chi connectivity index (χ1) is 8.92. The van der Waals surface area contributed by atoms with E-state index in [9.17, 15) is 0 Å². The van der Waals surface area contributed by atoms with Gasteiger partial charge in [0.2, 0.25) is 5.95 Å². The van der Waals surface area contributed by atoms with Gasteiger partial charge in [0, 0.05) is 6.20 Å². The van der Waals surface area contributed by atoms with Gasteiger partial charge in [-0.2, -0.15) is 0 Å². The minimum Gasteiger partial charge on any atom is -0.324 e. The zero-order chi connectivity index (χ0) is 12.2. The highest BCUT2D eigenvalue weighted by atomic mass is 15.1. The first-order valence-corrected chi connectivity index (χ1v) is 5.69. The lowest BCUT2D eigenvalue weighted by Gasteiger charge is -2.01. The maximum absolute atomic E-state index is 4.29. The van der Waals surface area contributed by atoms with E-state index in [2.05, 4.69) is 20.3 Å². The fraction of sp³-hybridized carbons (Fsp3) is 0. The van der Waals surface area contributed by atoms with Gasteiger partial charge in [-0.25, -0.2) is 4.98 Å². The van der Waals surface area contributed by atoms with E-state index in [0.29, 0.717) is 5.95 Å². The smallest absolute Gasteiger partial charge is 0.205 e. The first kappa shape index (κ1) is 10.5. The van der Waals surface area contributed by atoms with Crippen LogP contribution in [0.1, 0.15) is 0 Å². The molecule has 3 aromatic rings. The molecule has 0 saturated carbocycles. The predicted octanol–water partition coefficient (Wildman–Crippen LogP) is 3.22. The van der Waals surface area contributed by atoms with Gasteiger partial charge in [-0.3, -0.25) is 4.98 Å². The van der Waals surface area contributed by atoms with E-state index in [4.69, 9.17) is 0 Å². The zero-order valence-corrected chi connectivity index (χ0v) is 9.67. The number of H-pyrrole nitrogens is 1. The lowest BCUT2D eigenvalue weighted by atomic mass is 10.2. The summed E-state index contributed by atoms with van der Waals surface area (Å²) < 4.78 is 0. The van der Waals surface area contributed by atoms with Crippen molar-refractivity contribution in [2.75, 3.05) is 5.32 Å². The minimum atomic E-state index is 0.710. The molecule has 0 bridgehead atoms. The van der Waals surface area contributed by atoms with Crippen LogP contribution in [-0.2, 0) is 0 Å². The highest BCUT2D eigenvalue weighted by molar-refractivity contribution is 5.62. The van der Waals surface area contributed by atoms with E-state index < -0.39 is 0 Å². The molecule has 0 unspecified atom stereocenters. The number of aromatic amines is 1. The van der Waals surface area contributed by atoms with Crippen LogP contribution in [0.15, 0.2) is 61.1 Å². The Labute approximate surface area is 105 Å². The molecule has 2 aromatic heterocycles. The Bertz CT molecular complexity index is 617. The Morgan fingerprint density at radius 3 is 2.61 bits per heavy atom. The van der Waals surface area contributed by atoms with Gasteiger partial charge in [0.15, 0.2) is 0 Å². The number of hydrogen-bond acceptors (Lipinski definition) is 3. The Kier molecular flexibility index (Phi) is 2.75. The number of rotatable bonds is 3. The Morgan fingerprint density at radius 2 is 1.83 bits per heavy atom. The predicted molar refractivity (Wildman–Crippen MR) is 71.5 cm³/mol. The van der Waals surface area contributed by atoms with Gasteiger partial charge in [0.05, 0.1) is 23.8 Å². The molecule has 0 aliphatic rings. The van der Waals surface area contributed by atoms with Crippen LogP contribution in [-0.4, -0.2) is 15.0 Å². The quantitative estimate of drug-likeness (QED) is 0.734. The topological polar surface area (TPSA) is 53.6 Å². The summed E-state index contributed by atoms with van der Waals surface area (Å²) >= 11 is 0. The van der Waals surface area contributed by atoms with Crippen LogP contribution in [0.2, 0.25) is 0 Å². The van der Waals surface area contributed by atoms with E-state index in [1.807, 2.05) is 48.7 Å². The molecule has 0 aliphatic carbocycles. The second-order valence-corrected chi connectivity index (χ2v) is 3.88. The molecule has 2 N–H and O–H groups in total. The first-order valence-electron chi connectivity index (χ1n) is 5.69. The van der Waals surface area contributed by atoms with Crippen LogP contribution in [0.3, 0.4) is 0 Å². The van der Waals surface area contributed by atoms with Crippen LogP contribution in [0.4, 0.5) is 11.6 Å². The minimum absolute atomic E-state index is 0.710. The fourth-order valence-electron chi connectivity index (χ4n) is 1.72. The number of nitrogens with zero attached hydrogens (tertiary/aromatic N) is 2. The molecule has 2 heterocycles. The number of hydrogen-bond donors (Lipinski definition) is 2. The van der Waals surface area contributed by atoms with Crippen LogP contribution in [0, 0.1) is 0 Å². The van der Waals surface area contributed by atoms with Crippen molar-refractivity contribution in [1.82, 2.24) is 15.0 Å². The van der Waals surface area contributed by atoms with Crippen molar-refractivity contribution < 1.29 is 0 Å². The monoisotopic (exact) mass is 236 g/mol. The molecule has 0 fully saturated rings. The third kappa shape index (κ3) is 2.22. The van der Waals surface area contributed by atoms with Crippen molar-refractivity contribution in [3.05, 3.63) is 61.1 Å². The maximum Gasteiger partial charge on any atom is 0.205 e. The fourth-order valence-corrected chi connectivity index (χ4v) is 1.72. The summed E-state index contributed by atoms with van der Waals surface area (Å²) in [4.78, 5) is 11.6. The Balaban J connectivity index is 1.82. The molecule has 0 amide bonds. The molecule has 0 atom stereocenters. The second kappa shape index (κ2) is 4.71. The standard InChI is InChI=1S/C14H12N4/c1-2-5-11(6-3-1)13-10-16-14(18-13)17-12-7-4-8-15-9-12/h1-10H,(H2,16,17,18). The number of aromatic nitrogens is 3. The van der Waals surface area contributed by atoms with E-state index in [1.165, 1.54) is 0 Å². The van der Waals surface area contributed by atoms with Gasteiger partial charge >= 0.3 is 0 Å². The molecule has 88 valence electrons. The third-order valence-corrected chi connectivity index (χ3v) is 2.58. The van der Waals surface area contributed by atoms with Crippen LogP contribution >= 0.6 is 0 Å². The SMILES string of the molecule is c1ccc(-c2cnc(Nc3cccnc3)[nH]2)cc1. The van der Waals surface area contributed by atoms with Gasteiger partial charge in [-0.1, -0.05) is 30.3 Å². The third-order valence-electron chi connectivity index (χ3n) is 2.58. The second-order valence-electron chi connectivity index (χ2n) is 3.88. The lowest BCUT2D eigenvalue weighted by molar-refractivity contribution is 1.26. The van der Waals surface area contributed by atoms with Gasteiger partial charge in [-0.15, -0.1) is 0 Å². The summed E-state index contributed by atoms with van der Waals surface area (Å²) in [5, 5.41) is 3.16. The van der Waals surface area contributed by atoms with Gasteiger partial charge in [0.25, 0.3) is 0 Å². The number of anilines is 2. The maximum atomic E-state index is 4.29. The Hall–Kier alpha value is -2.62. The molecule has 0 saturated heterocycles. The van der Waals surface area contributed by atoms with Crippen LogP contribution < -0.4 is 5.32 Å².